The lowest BCUT2D eigenvalue weighted by Gasteiger charge is -2.00. The zero-order valence-corrected chi connectivity index (χ0v) is 9.68. The number of pyridine rings is 1. The summed E-state index contributed by atoms with van der Waals surface area (Å²) in [5, 5.41) is 19.0. The summed E-state index contributed by atoms with van der Waals surface area (Å²) in [6, 6.07) is 6.33. The van der Waals surface area contributed by atoms with Gasteiger partial charge in [0.25, 0.3) is 0 Å². The van der Waals surface area contributed by atoms with Crippen LogP contribution in [-0.2, 0) is 0 Å². The minimum atomic E-state index is -0.0224. The van der Waals surface area contributed by atoms with E-state index in [0.29, 0.717) is 17.0 Å². The Morgan fingerprint density at radius 1 is 1.17 bits per heavy atom. The van der Waals surface area contributed by atoms with E-state index in [1.807, 2.05) is 13.0 Å². The fourth-order valence-corrected chi connectivity index (χ4v) is 1.85. The number of hydrogen-bond acceptors (Lipinski definition) is 4. The highest BCUT2D eigenvalue weighted by molar-refractivity contribution is 5.78. The number of benzene rings is 1. The van der Waals surface area contributed by atoms with Gasteiger partial charge in [0.15, 0.2) is 5.65 Å². The van der Waals surface area contributed by atoms with Crippen molar-refractivity contribution in [3.63, 3.8) is 0 Å². The van der Waals surface area contributed by atoms with Crippen molar-refractivity contribution in [3.8, 4) is 22.9 Å². The van der Waals surface area contributed by atoms with Crippen molar-refractivity contribution >= 4 is 11.2 Å². The first-order chi connectivity index (χ1) is 8.63. The Bertz CT molecular complexity index is 734. The Labute approximate surface area is 103 Å². The van der Waals surface area contributed by atoms with E-state index in [2.05, 4.69) is 15.0 Å². The standard InChI is InChI=1S/C13H11N3O2/c1-7-4-10-13(14-6-7)16-12(15-10)9-3-2-8(17)5-11(9)18/h2-6,17-18H,1H3,(H,14,15,16). The van der Waals surface area contributed by atoms with E-state index in [-0.39, 0.29) is 11.5 Å². The topological polar surface area (TPSA) is 82.0 Å². The second-order valence-corrected chi connectivity index (χ2v) is 4.17. The third kappa shape index (κ3) is 1.66. The number of fused-ring (bicyclic) bond motifs is 1. The fourth-order valence-electron chi connectivity index (χ4n) is 1.85. The van der Waals surface area contributed by atoms with Crippen molar-refractivity contribution < 1.29 is 10.2 Å². The molecule has 90 valence electrons. The average Bonchev–Trinajstić information content (AvgIpc) is 2.71. The first kappa shape index (κ1) is 10.6. The number of rotatable bonds is 1. The van der Waals surface area contributed by atoms with Gasteiger partial charge in [-0.1, -0.05) is 0 Å². The summed E-state index contributed by atoms with van der Waals surface area (Å²) in [6.07, 6.45) is 1.74. The number of nitrogens with one attached hydrogen (secondary N) is 1. The van der Waals surface area contributed by atoms with Crippen LogP contribution in [0.1, 0.15) is 5.56 Å². The van der Waals surface area contributed by atoms with Gasteiger partial charge in [-0.25, -0.2) is 9.97 Å². The molecule has 2 heterocycles. The Kier molecular flexibility index (Phi) is 2.19. The van der Waals surface area contributed by atoms with E-state index in [4.69, 9.17) is 0 Å². The number of aromatic hydroxyl groups is 2. The maximum absolute atomic E-state index is 9.78. The summed E-state index contributed by atoms with van der Waals surface area (Å²) >= 11 is 0. The van der Waals surface area contributed by atoms with Crippen LogP contribution in [0.15, 0.2) is 30.5 Å². The molecule has 0 aliphatic heterocycles. The number of aryl methyl sites for hydroxylation is 1. The first-order valence-electron chi connectivity index (χ1n) is 5.48. The molecule has 0 aliphatic rings. The van der Waals surface area contributed by atoms with Gasteiger partial charge in [-0.05, 0) is 30.7 Å². The summed E-state index contributed by atoms with van der Waals surface area (Å²) in [5.41, 5.74) is 2.98. The highest BCUT2D eigenvalue weighted by Gasteiger charge is 2.10. The van der Waals surface area contributed by atoms with E-state index < -0.39 is 0 Å². The number of aromatic amines is 1. The highest BCUT2D eigenvalue weighted by Crippen LogP contribution is 2.31. The van der Waals surface area contributed by atoms with E-state index in [9.17, 15) is 10.2 Å². The Morgan fingerprint density at radius 3 is 2.78 bits per heavy atom. The van der Waals surface area contributed by atoms with Crippen molar-refractivity contribution in [2.75, 3.05) is 0 Å². The number of nitrogens with zero attached hydrogens (tertiary/aromatic N) is 2. The molecule has 0 saturated heterocycles. The third-order valence-corrected chi connectivity index (χ3v) is 2.71. The quantitative estimate of drug-likeness (QED) is 0.610. The van der Waals surface area contributed by atoms with Crippen molar-refractivity contribution in [2.24, 2.45) is 0 Å². The summed E-state index contributed by atoms with van der Waals surface area (Å²) in [6.45, 7) is 1.95. The van der Waals surface area contributed by atoms with Crippen LogP contribution in [0, 0.1) is 6.92 Å². The van der Waals surface area contributed by atoms with E-state index in [1.165, 1.54) is 12.1 Å². The van der Waals surface area contributed by atoms with Crippen molar-refractivity contribution in [1.29, 1.82) is 0 Å². The molecular formula is C13H11N3O2. The molecule has 0 bridgehead atoms. The average molecular weight is 241 g/mol. The summed E-state index contributed by atoms with van der Waals surface area (Å²) < 4.78 is 0. The van der Waals surface area contributed by atoms with Gasteiger partial charge < -0.3 is 15.2 Å². The van der Waals surface area contributed by atoms with Crippen molar-refractivity contribution in [3.05, 3.63) is 36.0 Å². The third-order valence-electron chi connectivity index (χ3n) is 2.71. The van der Waals surface area contributed by atoms with Crippen LogP contribution in [0.25, 0.3) is 22.6 Å². The zero-order chi connectivity index (χ0) is 12.7. The molecule has 0 saturated carbocycles. The molecule has 3 aromatic rings. The lowest BCUT2D eigenvalue weighted by molar-refractivity contribution is 0.451. The zero-order valence-electron chi connectivity index (χ0n) is 9.68. The number of phenolic OH excluding ortho intramolecular Hbond substituents is 2. The lowest BCUT2D eigenvalue weighted by atomic mass is 10.2. The Hall–Kier alpha value is -2.56. The van der Waals surface area contributed by atoms with Crippen LogP contribution < -0.4 is 0 Å². The molecule has 0 spiro atoms. The van der Waals surface area contributed by atoms with E-state index in [1.54, 1.807) is 12.3 Å². The molecule has 18 heavy (non-hydrogen) atoms. The molecule has 0 atom stereocenters. The predicted octanol–water partition coefficient (Wildman–Crippen LogP) is 2.34. The summed E-state index contributed by atoms with van der Waals surface area (Å²) in [7, 11) is 0. The summed E-state index contributed by atoms with van der Waals surface area (Å²) in [4.78, 5) is 11.6. The molecule has 3 N–H and O–H groups in total. The second-order valence-electron chi connectivity index (χ2n) is 4.17. The number of H-pyrrole nitrogens is 1. The minimum Gasteiger partial charge on any atom is -0.508 e. The van der Waals surface area contributed by atoms with E-state index in [0.717, 1.165) is 11.1 Å². The van der Waals surface area contributed by atoms with Crippen LogP contribution >= 0.6 is 0 Å². The normalized spacial score (nSPS) is 10.9. The van der Waals surface area contributed by atoms with Crippen LogP contribution in [0.3, 0.4) is 0 Å². The van der Waals surface area contributed by atoms with Crippen LogP contribution in [0.4, 0.5) is 0 Å². The summed E-state index contributed by atoms with van der Waals surface area (Å²) in [5.74, 6) is 0.521. The lowest BCUT2D eigenvalue weighted by Crippen LogP contribution is -1.81. The first-order valence-corrected chi connectivity index (χ1v) is 5.48. The minimum absolute atomic E-state index is 0.0151. The molecular weight excluding hydrogens is 230 g/mol. The van der Waals surface area contributed by atoms with E-state index >= 15 is 0 Å². The largest absolute Gasteiger partial charge is 0.508 e. The van der Waals surface area contributed by atoms with Gasteiger partial charge in [0.1, 0.15) is 17.3 Å². The molecule has 0 radical (unpaired) electrons. The van der Waals surface area contributed by atoms with Gasteiger partial charge in [0.2, 0.25) is 0 Å². The van der Waals surface area contributed by atoms with Crippen molar-refractivity contribution in [1.82, 2.24) is 15.0 Å². The maximum Gasteiger partial charge on any atom is 0.178 e. The molecule has 3 rings (SSSR count). The molecule has 1 aromatic carbocycles. The number of phenols is 2. The number of aromatic nitrogens is 3. The highest BCUT2D eigenvalue weighted by atomic mass is 16.3. The van der Waals surface area contributed by atoms with Gasteiger partial charge in [0.05, 0.1) is 11.1 Å². The predicted molar refractivity (Wildman–Crippen MR) is 67.4 cm³/mol. The monoisotopic (exact) mass is 241 g/mol. The number of imidazole rings is 1. The van der Waals surface area contributed by atoms with Crippen molar-refractivity contribution in [2.45, 2.75) is 6.92 Å². The van der Waals surface area contributed by atoms with Crippen LogP contribution in [0.2, 0.25) is 0 Å². The second kappa shape index (κ2) is 3.73. The van der Waals surface area contributed by atoms with Gasteiger partial charge in [0, 0.05) is 12.3 Å². The Morgan fingerprint density at radius 2 is 2.00 bits per heavy atom. The SMILES string of the molecule is Cc1cnc2nc(-c3ccc(O)cc3O)[nH]c2c1. The van der Waals surface area contributed by atoms with Gasteiger partial charge in [-0.15, -0.1) is 0 Å². The van der Waals surface area contributed by atoms with Crippen LogP contribution in [0.5, 0.6) is 11.5 Å². The van der Waals surface area contributed by atoms with Gasteiger partial charge >= 0.3 is 0 Å². The fraction of sp³-hybridized carbons (Fsp3) is 0.0769. The molecule has 0 unspecified atom stereocenters. The number of hydrogen-bond donors (Lipinski definition) is 3. The van der Waals surface area contributed by atoms with Crippen LogP contribution in [-0.4, -0.2) is 25.2 Å². The molecule has 2 aromatic heterocycles. The molecule has 0 aliphatic carbocycles. The maximum atomic E-state index is 9.78. The van der Waals surface area contributed by atoms with Gasteiger partial charge in [-0.2, -0.15) is 0 Å². The molecule has 5 nitrogen and oxygen atoms in total. The van der Waals surface area contributed by atoms with Gasteiger partial charge in [-0.3, -0.25) is 0 Å². The molecule has 0 amide bonds. The Balaban J connectivity index is 2.19. The smallest absolute Gasteiger partial charge is 0.178 e. The molecule has 5 heteroatoms. The molecule has 0 fully saturated rings.